The average molecular weight is 182 g/mol. The minimum absolute atomic E-state index is 0.0633. The maximum Gasteiger partial charge on any atom is 0.244 e. The number of hydrogen-bond donors (Lipinski definition) is 2. The predicted octanol–water partition coefficient (Wildman–Crippen LogP) is -0.351. The highest BCUT2D eigenvalue weighted by Gasteiger charge is 2.13. The van der Waals surface area contributed by atoms with Gasteiger partial charge >= 0.3 is 0 Å². The topological polar surface area (TPSA) is 72.9 Å². The largest absolute Gasteiger partial charge is 0.357 e. The fourth-order valence-electron chi connectivity index (χ4n) is 1.02. The lowest BCUT2D eigenvalue weighted by Gasteiger charge is -2.09. The summed E-state index contributed by atoms with van der Waals surface area (Å²) in [4.78, 5) is 11.2. The third kappa shape index (κ3) is 2.06. The molecule has 0 saturated carbocycles. The highest BCUT2D eigenvalue weighted by atomic mass is 16.2. The highest BCUT2D eigenvalue weighted by molar-refractivity contribution is 5.79. The van der Waals surface area contributed by atoms with Crippen molar-refractivity contribution < 1.29 is 4.79 Å². The van der Waals surface area contributed by atoms with Crippen molar-refractivity contribution in [3.8, 4) is 0 Å². The van der Waals surface area contributed by atoms with Crippen LogP contribution in [0.15, 0.2) is 12.4 Å². The minimum atomic E-state index is -0.287. The van der Waals surface area contributed by atoms with Gasteiger partial charge in [-0.15, -0.1) is 0 Å². The van der Waals surface area contributed by atoms with Crippen LogP contribution in [0, 0.1) is 0 Å². The number of likely N-dealkylation sites (N-methyl/N-ethyl adjacent to an activating group) is 1. The highest BCUT2D eigenvalue weighted by Crippen LogP contribution is 2.05. The van der Waals surface area contributed by atoms with E-state index in [4.69, 9.17) is 5.73 Å². The molecule has 0 fully saturated rings. The molecule has 0 spiro atoms. The third-order valence-corrected chi connectivity index (χ3v) is 1.91. The number of hydrogen-bond acceptors (Lipinski definition) is 3. The molecule has 5 heteroatoms. The van der Waals surface area contributed by atoms with Gasteiger partial charge < -0.3 is 11.1 Å². The molecular weight excluding hydrogens is 168 g/mol. The first-order valence-electron chi connectivity index (χ1n) is 4.13. The predicted molar refractivity (Wildman–Crippen MR) is 48.9 cm³/mol. The Morgan fingerprint density at radius 3 is 3.00 bits per heavy atom. The molecule has 3 N–H and O–H groups in total. The molecule has 0 aliphatic carbocycles. The van der Waals surface area contributed by atoms with Crippen LogP contribution >= 0.6 is 0 Å². The third-order valence-electron chi connectivity index (χ3n) is 1.91. The SMILES string of the molecule is CNC(=O)C(C)n1cc(CN)cn1. The van der Waals surface area contributed by atoms with Crippen LogP contribution < -0.4 is 11.1 Å². The van der Waals surface area contributed by atoms with Crippen LogP contribution in [0.4, 0.5) is 0 Å². The lowest BCUT2D eigenvalue weighted by atomic mass is 10.3. The molecule has 0 aliphatic heterocycles. The summed E-state index contributed by atoms with van der Waals surface area (Å²) in [6.45, 7) is 2.23. The van der Waals surface area contributed by atoms with Gasteiger partial charge in [0.15, 0.2) is 0 Å². The lowest BCUT2D eigenvalue weighted by Crippen LogP contribution is -2.28. The zero-order valence-corrected chi connectivity index (χ0v) is 7.82. The van der Waals surface area contributed by atoms with E-state index in [1.165, 1.54) is 0 Å². The van der Waals surface area contributed by atoms with Crippen molar-refractivity contribution in [3.05, 3.63) is 18.0 Å². The summed E-state index contributed by atoms with van der Waals surface area (Å²) < 4.78 is 1.60. The molecule has 1 atom stereocenters. The number of carbonyl (C=O) groups excluding carboxylic acids is 1. The molecule has 5 nitrogen and oxygen atoms in total. The second-order valence-electron chi connectivity index (χ2n) is 2.82. The van der Waals surface area contributed by atoms with Crippen LogP contribution in [0.1, 0.15) is 18.5 Å². The molecule has 0 aromatic carbocycles. The second-order valence-corrected chi connectivity index (χ2v) is 2.82. The molecule has 0 bridgehead atoms. The number of rotatable bonds is 3. The molecule has 0 saturated heterocycles. The van der Waals surface area contributed by atoms with E-state index < -0.39 is 0 Å². The fraction of sp³-hybridized carbons (Fsp3) is 0.500. The summed E-state index contributed by atoms with van der Waals surface area (Å²) in [6.07, 6.45) is 3.44. The van der Waals surface area contributed by atoms with Gasteiger partial charge in [0.1, 0.15) is 6.04 Å². The van der Waals surface area contributed by atoms with E-state index in [1.54, 1.807) is 31.0 Å². The Hall–Kier alpha value is -1.36. The number of amides is 1. The molecule has 1 heterocycles. The van der Waals surface area contributed by atoms with Gasteiger partial charge in [-0.1, -0.05) is 0 Å². The van der Waals surface area contributed by atoms with Crippen LogP contribution in [-0.2, 0) is 11.3 Å². The zero-order chi connectivity index (χ0) is 9.84. The van der Waals surface area contributed by atoms with Crippen molar-refractivity contribution in [2.45, 2.75) is 19.5 Å². The van der Waals surface area contributed by atoms with Gasteiger partial charge in [-0.3, -0.25) is 9.48 Å². The molecule has 0 aliphatic rings. The van der Waals surface area contributed by atoms with Gasteiger partial charge in [0.05, 0.1) is 6.20 Å². The number of nitrogens with one attached hydrogen (secondary N) is 1. The first kappa shape index (κ1) is 9.73. The molecule has 72 valence electrons. The maximum absolute atomic E-state index is 11.2. The van der Waals surface area contributed by atoms with Crippen molar-refractivity contribution in [1.82, 2.24) is 15.1 Å². The van der Waals surface area contributed by atoms with Crippen LogP contribution in [-0.4, -0.2) is 22.7 Å². The van der Waals surface area contributed by atoms with Gasteiger partial charge in [-0.25, -0.2) is 0 Å². The Labute approximate surface area is 76.9 Å². The smallest absolute Gasteiger partial charge is 0.244 e. The summed E-state index contributed by atoms with van der Waals surface area (Å²) in [7, 11) is 1.60. The van der Waals surface area contributed by atoms with Crippen molar-refractivity contribution in [2.24, 2.45) is 5.73 Å². The van der Waals surface area contributed by atoms with Crippen LogP contribution in [0.25, 0.3) is 0 Å². The summed E-state index contributed by atoms with van der Waals surface area (Å²) in [5.41, 5.74) is 6.34. The van der Waals surface area contributed by atoms with Gasteiger partial charge in [0, 0.05) is 25.4 Å². The lowest BCUT2D eigenvalue weighted by molar-refractivity contribution is -0.123. The Morgan fingerprint density at radius 1 is 1.85 bits per heavy atom. The second kappa shape index (κ2) is 4.04. The molecular formula is C8H14N4O. The summed E-state index contributed by atoms with van der Waals surface area (Å²) in [5.74, 6) is -0.0633. The van der Waals surface area contributed by atoms with Crippen LogP contribution in [0.2, 0.25) is 0 Å². The van der Waals surface area contributed by atoms with E-state index in [0.717, 1.165) is 5.56 Å². The number of carbonyl (C=O) groups is 1. The zero-order valence-electron chi connectivity index (χ0n) is 7.82. The first-order chi connectivity index (χ1) is 6.19. The fourth-order valence-corrected chi connectivity index (χ4v) is 1.02. The van der Waals surface area contributed by atoms with Gasteiger partial charge in [-0.2, -0.15) is 5.10 Å². The van der Waals surface area contributed by atoms with E-state index in [2.05, 4.69) is 10.4 Å². The van der Waals surface area contributed by atoms with E-state index in [0.29, 0.717) is 6.54 Å². The minimum Gasteiger partial charge on any atom is -0.357 e. The van der Waals surface area contributed by atoms with Gasteiger partial charge in [0.25, 0.3) is 0 Å². The van der Waals surface area contributed by atoms with E-state index in [-0.39, 0.29) is 11.9 Å². The molecule has 13 heavy (non-hydrogen) atoms. The van der Waals surface area contributed by atoms with E-state index >= 15 is 0 Å². The Balaban J connectivity index is 2.76. The Bertz CT molecular complexity index is 294. The van der Waals surface area contributed by atoms with Gasteiger partial charge in [0.2, 0.25) is 5.91 Å². The average Bonchev–Trinajstić information content (AvgIpc) is 2.63. The molecule has 1 rings (SSSR count). The van der Waals surface area contributed by atoms with Crippen molar-refractivity contribution in [3.63, 3.8) is 0 Å². The standard InChI is InChI=1S/C8H14N4O/c1-6(8(13)10-2)12-5-7(3-9)4-11-12/h4-6H,3,9H2,1-2H3,(H,10,13). The summed E-state index contributed by atoms with van der Waals surface area (Å²) in [6, 6.07) is -0.287. The molecule has 1 aromatic rings. The van der Waals surface area contributed by atoms with Crippen molar-refractivity contribution in [1.29, 1.82) is 0 Å². The van der Waals surface area contributed by atoms with Crippen LogP contribution in [0.5, 0.6) is 0 Å². The normalized spacial score (nSPS) is 12.5. The number of nitrogens with two attached hydrogens (primary N) is 1. The number of aromatic nitrogens is 2. The molecule has 1 amide bonds. The van der Waals surface area contributed by atoms with E-state index in [9.17, 15) is 4.79 Å². The van der Waals surface area contributed by atoms with Crippen molar-refractivity contribution in [2.75, 3.05) is 7.05 Å². The maximum atomic E-state index is 11.2. The molecule has 1 unspecified atom stereocenters. The van der Waals surface area contributed by atoms with Gasteiger partial charge in [-0.05, 0) is 6.92 Å². The van der Waals surface area contributed by atoms with Crippen molar-refractivity contribution >= 4 is 5.91 Å². The molecule has 0 radical (unpaired) electrons. The summed E-state index contributed by atoms with van der Waals surface area (Å²) in [5, 5.41) is 6.59. The quantitative estimate of drug-likeness (QED) is 0.671. The summed E-state index contributed by atoms with van der Waals surface area (Å²) >= 11 is 0. The van der Waals surface area contributed by atoms with E-state index in [1.807, 2.05) is 0 Å². The molecule has 1 aromatic heterocycles. The first-order valence-corrected chi connectivity index (χ1v) is 4.13. The Kier molecular flexibility index (Phi) is 3.02. The van der Waals surface area contributed by atoms with Crippen LogP contribution in [0.3, 0.4) is 0 Å². The number of nitrogens with zero attached hydrogens (tertiary/aromatic N) is 2. The monoisotopic (exact) mass is 182 g/mol. The Morgan fingerprint density at radius 2 is 2.54 bits per heavy atom.